The van der Waals surface area contributed by atoms with E-state index in [1.807, 2.05) is 12.1 Å². The molecule has 0 saturated carbocycles. The summed E-state index contributed by atoms with van der Waals surface area (Å²) in [5.74, 6) is 0.253. The Bertz CT molecular complexity index is 547. The van der Waals surface area contributed by atoms with Crippen LogP contribution in [0.15, 0.2) is 24.3 Å². The molecule has 2 aromatic rings. The van der Waals surface area contributed by atoms with E-state index in [2.05, 4.69) is 10.2 Å². The molecule has 1 heterocycles. The molecule has 1 unspecified atom stereocenters. The van der Waals surface area contributed by atoms with Gasteiger partial charge in [-0.25, -0.2) is 0 Å². The molecule has 0 amide bonds. The van der Waals surface area contributed by atoms with Crippen molar-refractivity contribution in [3.05, 3.63) is 35.5 Å². The number of aryl methyl sites for hydroxylation is 1. The van der Waals surface area contributed by atoms with Gasteiger partial charge in [-0.2, -0.15) is 5.10 Å². The van der Waals surface area contributed by atoms with Crippen molar-refractivity contribution in [2.75, 3.05) is 0 Å². The zero-order valence-electron chi connectivity index (χ0n) is 9.48. The first kappa shape index (κ1) is 10.4. The Hall–Kier alpha value is -1.81. The van der Waals surface area contributed by atoms with Crippen molar-refractivity contribution in [3.63, 3.8) is 0 Å². The van der Waals surface area contributed by atoms with E-state index in [-0.39, 0.29) is 11.8 Å². The lowest BCUT2D eigenvalue weighted by molar-refractivity contribution is 0.475. The Morgan fingerprint density at radius 3 is 3.12 bits per heavy atom. The molecule has 0 aliphatic heterocycles. The molecule has 4 heteroatoms. The number of nitrogens with two attached hydrogens (primary N) is 1. The number of rotatable bonds is 1. The monoisotopic (exact) mass is 229 g/mol. The maximum atomic E-state index is 9.51. The average Bonchev–Trinajstić information content (AvgIpc) is 2.74. The number of nitrogens with one attached hydrogen (secondary N) is 1. The molecular formula is C13H15N3O. The van der Waals surface area contributed by atoms with Crippen molar-refractivity contribution in [1.82, 2.24) is 10.2 Å². The molecule has 4 nitrogen and oxygen atoms in total. The van der Waals surface area contributed by atoms with E-state index in [9.17, 15) is 5.11 Å². The van der Waals surface area contributed by atoms with Crippen molar-refractivity contribution < 1.29 is 5.11 Å². The van der Waals surface area contributed by atoms with Crippen LogP contribution in [-0.2, 0) is 6.42 Å². The predicted molar refractivity (Wildman–Crippen MR) is 65.6 cm³/mol. The highest BCUT2D eigenvalue weighted by Gasteiger charge is 2.24. The molecule has 17 heavy (non-hydrogen) atoms. The number of phenols is 1. The van der Waals surface area contributed by atoms with Gasteiger partial charge in [-0.1, -0.05) is 12.1 Å². The van der Waals surface area contributed by atoms with Crippen molar-refractivity contribution in [3.8, 4) is 17.0 Å². The summed E-state index contributed by atoms with van der Waals surface area (Å²) in [6.07, 6.45) is 3.11. The molecule has 1 aromatic heterocycles. The van der Waals surface area contributed by atoms with Crippen molar-refractivity contribution in [2.24, 2.45) is 5.73 Å². The second-order valence-electron chi connectivity index (χ2n) is 4.51. The number of H-pyrrole nitrogens is 1. The van der Waals surface area contributed by atoms with Crippen molar-refractivity contribution in [2.45, 2.75) is 25.3 Å². The van der Waals surface area contributed by atoms with Crippen LogP contribution in [0.5, 0.6) is 5.75 Å². The lowest BCUT2D eigenvalue weighted by Crippen LogP contribution is -2.17. The topological polar surface area (TPSA) is 74.9 Å². The van der Waals surface area contributed by atoms with Crippen LogP contribution in [0, 0.1) is 0 Å². The number of benzene rings is 1. The van der Waals surface area contributed by atoms with Gasteiger partial charge in [-0.3, -0.25) is 5.10 Å². The highest BCUT2D eigenvalue weighted by atomic mass is 16.3. The molecule has 3 rings (SSSR count). The summed E-state index contributed by atoms with van der Waals surface area (Å²) in [5.41, 5.74) is 10.2. The molecule has 1 aromatic carbocycles. The quantitative estimate of drug-likeness (QED) is 0.701. The second kappa shape index (κ2) is 3.89. The van der Waals surface area contributed by atoms with Crippen LogP contribution in [-0.4, -0.2) is 15.3 Å². The molecule has 88 valence electrons. The van der Waals surface area contributed by atoms with Gasteiger partial charge in [0.1, 0.15) is 5.75 Å². The minimum atomic E-state index is 0.0508. The zero-order valence-corrected chi connectivity index (χ0v) is 9.48. The molecule has 0 spiro atoms. The predicted octanol–water partition coefficient (Wildman–Crippen LogP) is 2.12. The van der Waals surface area contributed by atoms with Gasteiger partial charge in [0.05, 0.1) is 5.69 Å². The summed E-state index contributed by atoms with van der Waals surface area (Å²) in [7, 11) is 0. The van der Waals surface area contributed by atoms with Crippen LogP contribution >= 0.6 is 0 Å². The summed E-state index contributed by atoms with van der Waals surface area (Å²) in [5, 5.41) is 16.9. The molecule has 1 aliphatic carbocycles. The third-order valence-electron chi connectivity index (χ3n) is 3.32. The minimum Gasteiger partial charge on any atom is -0.508 e. The van der Waals surface area contributed by atoms with Gasteiger partial charge in [0.25, 0.3) is 0 Å². The summed E-state index contributed by atoms with van der Waals surface area (Å²) in [6, 6.07) is 7.19. The van der Waals surface area contributed by atoms with Gasteiger partial charge in [-0.15, -0.1) is 0 Å². The maximum Gasteiger partial charge on any atom is 0.116 e. The standard InChI is InChI=1S/C13H15N3O/c14-10-5-2-6-11-12(10)13(16-15-11)8-3-1-4-9(17)7-8/h1,3-4,7,10,17H,2,5-6,14H2,(H,15,16). The van der Waals surface area contributed by atoms with Gasteiger partial charge in [0.2, 0.25) is 0 Å². The van der Waals surface area contributed by atoms with Crippen LogP contribution in [0.3, 0.4) is 0 Å². The maximum absolute atomic E-state index is 9.51. The van der Waals surface area contributed by atoms with Crippen molar-refractivity contribution in [1.29, 1.82) is 0 Å². The smallest absolute Gasteiger partial charge is 0.116 e. The van der Waals surface area contributed by atoms with Crippen LogP contribution in [0.25, 0.3) is 11.3 Å². The van der Waals surface area contributed by atoms with E-state index < -0.39 is 0 Å². The number of aromatic amines is 1. The number of aromatic hydroxyl groups is 1. The van der Waals surface area contributed by atoms with Crippen LogP contribution in [0.4, 0.5) is 0 Å². The molecule has 1 aliphatic rings. The van der Waals surface area contributed by atoms with Gasteiger partial charge < -0.3 is 10.8 Å². The number of nitrogens with zero attached hydrogens (tertiary/aromatic N) is 1. The first-order valence-corrected chi connectivity index (χ1v) is 5.88. The fourth-order valence-electron chi connectivity index (χ4n) is 2.49. The molecule has 0 bridgehead atoms. The summed E-state index contributed by atoms with van der Waals surface area (Å²) >= 11 is 0. The third-order valence-corrected chi connectivity index (χ3v) is 3.32. The number of hydrogen-bond donors (Lipinski definition) is 3. The van der Waals surface area contributed by atoms with Crippen LogP contribution in [0.1, 0.15) is 30.1 Å². The fourth-order valence-corrected chi connectivity index (χ4v) is 2.49. The van der Waals surface area contributed by atoms with Gasteiger partial charge in [-0.05, 0) is 31.4 Å². The van der Waals surface area contributed by atoms with E-state index >= 15 is 0 Å². The Morgan fingerprint density at radius 1 is 1.41 bits per heavy atom. The van der Waals surface area contributed by atoms with E-state index in [1.54, 1.807) is 12.1 Å². The molecule has 4 N–H and O–H groups in total. The number of hydrogen-bond acceptors (Lipinski definition) is 3. The summed E-state index contributed by atoms with van der Waals surface area (Å²) < 4.78 is 0. The van der Waals surface area contributed by atoms with Gasteiger partial charge in [0.15, 0.2) is 0 Å². The van der Waals surface area contributed by atoms with E-state index in [0.29, 0.717) is 0 Å². The largest absolute Gasteiger partial charge is 0.508 e. The Morgan fingerprint density at radius 2 is 2.29 bits per heavy atom. The Labute approximate surface area is 99.5 Å². The van der Waals surface area contributed by atoms with Crippen LogP contribution in [0.2, 0.25) is 0 Å². The van der Waals surface area contributed by atoms with E-state index in [1.165, 1.54) is 0 Å². The molecule has 0 saturated heterocycles. The highest BCUT2D eigenvalue weighted by molar-refractivity contribution is 5.66. The molecule has 1 atom stereocenters. The Kier molecular flexibility index (Phi) is 2.37. The molecule has 0 fully saturated rings. The third kappa shape index (κ3) is 1.70. The molecular weight excluding hydrogens is 214 g/mol. The average molecular weight is 229 g/mol. The lowest BCUT2D eigenvalue weighted by Gasteiger charge is -2.19. The fraction of sp³-hybridized carbons (Fsp3) is 0.308. The number of aromatic nitrogens is 2. The van der Waals surface area contributed by atoms with Crippen molar-refractivity contribution >= 4 is 0 Å². The number of fused-ring (bicyclic) bond motifs is 1. The van der Waals surface area contributed by atoms with E-state index in [0.717, 1.165) is 41.8 Å². The molecule has 0 radical (unpaired) electrons. The zero-order chi connectivity index (χ0) is 11.8. The normalized spacial score (nSPS) is 19.0. The van der Waals surface area contributed by atoms with Gasteiger partial charge in [0, 0.05) is 22.9 Å². The Balaban J connectivity index is 2.13. The second-order valence-corrected chi connectivity index (χ2v) is 4.51. The summed E-state index contributed by atoms with van der Waals surface area (Å²) in [4.78, 5) is 0. The lowest BCUT2D eigenvalue weighted by atomic mass is 9.90. The SMILES string of the molecule is NC1CCCc2[nH]nc(-c3cccc(O)c3)c21. The minimum absolute atomic E-state index is 0.0508. The first-order valence-electron chi connectivity index (χ1n) is 5.88. The van der Waals surface area contributed by atoms with Crippen LogP contribution < -0.4 is 5.73 Å². The van der Waals surface area contributed by atoms with E-state index in [4.69, 9.17) is 5.73 Å². The highest BCUT2D eigenvalue weighted by Crippen LogP contribution is 2.35. The summed E-state index contributed by atoms with van der Waals surface area (Å²) in [6.45, 7) is 0. The number of phenolic OH excluding ortho intramolecular Hbond substituents is 1. The van der Waals surface area contributed by atoms with Gasteiger partial charge >= 0.3 is 0 Å². The first-order chi connectivity index (χ1) is 8.25.